The van der Waals surface area contributed by atoms with Crippen molar-refractivity contribution in [2.75, 3.05) is 17.2 Å². The number of hydrogen-bond acceptors (Lipinski definition) is 5. The highest BCUT2D eigenvalue weighted by molar-refractivity contribution is 6.30. The van der Waals surface area contributed by atoms with Crippen LogP contribution in [0.5, 0.6) is 5.75 Å². The van der Waals surface area contributed by atoms with Crippen molar-refractivity contribution in [1.29, 1.82) is 0 Å². The Hall–Kier alpha value is -3.32. The van der Waals surface area contributed by atoms with E-state index in [4.69, 9.17) is 16.3 Å². The Balaban J connectivity index is 1.78. The molecule has 2 aromatic carbocycles. The molecule has 1 amide bonds. The summed E-state index contributed by atoms with van der Waals surface area (Å²) in [7, 11) is 0. The average molecular weight is 410 g/mol. The molecule has 0 radical (unpaired) electrons. The molecule has 0 fully saturated rings. The summed E-state index contributed by atoms with van der Waals surface area (Å²) >= 11 is 5.95. The summed E-state index contributed by atoms with van der Waals surface area (Å²) in [6.07, 6.45) is 1.46. The van der Waals surface area contributed by atoms with Crippen molar-refractivity contribution in [2.45, 2.75) is 19.9 Å². The molecule has 4 rings (SSSR count). The summed E-state index contributed by atoms with van der Waals surface area (Å²) in [6.45, 7) is 4.29. The van der Waals surface area contributed by atoms with E-state index in [0.717, 1.165) is 5.56 Å². The van der Waals surface area contributed by atoms with Crippen LogP contribution in [0.3, 0.4) is 0 Å². The van der Waals surface area contributed by atoms with E-state index in [9.17, 15) is 4.79 Å². The van der Waals surface area contributed by atoms with Crippen molar-refractivity contribution >= 4 is 29.1 Å². The summed E-state index contributed by atoms with van der Waals surface area (Å²) in [4.78, 5) is 17.6. The monoisotopic (exact) mass is 409 g/mol. The van der Waals surface area contributed by atoms with Crippen LogP contribution in [0.1, 0.15) is 25.5 Å². The van der Waals surface area contributed by atoms with Crippen LogP contribution in [-0.2, 0) is 4.79 Å². The van der Waals surface area contributed by atoms with E-state index in [1.807, 2.05) is 38.1 Å². The molecule has 0 spiro atoms. The van der Waals surface area contributed by atoms with Crippen molar-refractivity contribution in [3.8, 4) is 5.75 Å². The number of benzene rings is 2. The first-order valence-electron chi connectivity index (χ1n) is 9.24. The number of nitrogens with zero attached hydrogens (tertiary/aromatic N) is 3. The molecule has 1 aliphatic heterocycles. The van der Waals surface area contributed by atoms with Crippen LogP contribution in [0, 0.1) is 0 Å². The molecule has 29 heavy (non-hydrogen) atoms. The van der Waals surface area contributed by atoms with Crippen LogP contribution in [0.15, 0.2) is 66.1 Å². The molecule has 1 unspecified atom stereocenters. The first-order chi connectivity index (χ1) is 14.1. The summed E-state index contributed by atoms with van der Waals surface area (Å²) < 4.78 is 7.52. The van der Waals surface area contributed by atoms with E-state index in [1.165, 1.54) is 6.33 Å². The van der Waals surface area contributed by atoms with Crippen molar-refractivity contribution in [1.82, 2.24) is 14.8 Å². The van der Waals surface area contributed by atoms with Gasteiger partial charge < -0.3 is 15.4 Å². The molecule has 8 heteroatoms. The fourth-order valence-corrected chi connectivity index (χ4v) is 3.52. The number of allylic oxidation sites excluding steroid dienone is 1. The highest BCUT2D eigenvalue weighted by atomic mass is 35.5. The second-order valence-electron chi connectivity index (χ2n) is 6.53. The van der Waals surface area contributed by atoms with Crippen molar-refractivity contribution in [2.24, 2.45) is 0 Å². The molecule has 0 saturated carbocycles. The lowest BCUT2D eigenvalue weighted by Crippen LogP contribution is -2.31. The first kappa shape index (κ1) is 19.0. The number of nitrogens with one attached hydrogen (secondary N) is 2. The van der Waals surface area contributed by atoms with Gasteiger partial charge in [0.15, 0.2) is 0 Å². The second-order valence-corrected chi connectivity index (χ2v) is 6.96. The Morgan fingerprint density at radius 2 is 2.00 bits per heavy atom. The lowest BCUT2D eigenvalue weighted by atomic mass is 9.94. The molecular formula is C21H20ClN5O2. The van der Waals surface area contributed by atoms with E-state index >= 15 is 0 Å². The Bertz CT molecular complexity index is 1070. The number of aromatic nitrogens is 3. The molecule has 1 aromatic heterocycles. The largest absolute Gasteiger partial charge is 0.494 e. The van der Waals surface area contributed by atoms with Crippen molar-refractivity contribution in [3.05, 3.63) is 76.7 Å². The zero-order chi connectivity index (χ0) is 20.4. The SMILES string of the molecule is CCOc1ccccc1C1C(C(=O)Nc2ccc(Cl)cc2)=C(C)Nc2ncnn21. The topological polar surface area (TPSA) is 81.1 Å². The fraction of sp³-hybridized carbons (Fsp3) is 0.190. The van der Waals surface area contributed by atoms with Crippen LogP contribution < -0.4 is 15.4 Å². The molecular weight excluding hydrogens is 390 g/mol. The van der Waals surface area contributed by atoms with Gasteiger partial charge in [0, 0.05) is 22.0 Å². The van der Waals surface area contributed by atoms with Gasteiger partial charge in [0.2, 0.25) is 5.95 Å². The third kappa shape index (κ3) is 3.69. The number of ether oxygens (including phenoxy) is 1. The Kier molecular flexibility index (Phi) is 5.22. The lowest BCUT2D eigenvalue weighted by Gasteiger charge is -2.29. The predicted molar refractivity (Wildman–Crippen MR) is 112 cm³/mol. The number of fused-ring (bicyclic) bond motifs is 1. The fourth-order valence-electron chi connectivity index (χ4n) is 3.40. The van der Waals surface area contributed by atoms with Gasteiger partial charge in [-0.1, -0.05) is 29.8 Å². The summed E-state index contributed by atoms with van der Waals surface area (Å²) in [5.74, 6) is 1.03. The van der Waals surface area contributed by atoms with Gasteiger partial charge in [-0.05, 0) is 44.2 Å². The number of carbonyl (C=O) groups is 1. The third-order valence-electron chi connectivity index (χ3n) is 4.65. The highest BCUT2D eigenvalue weighted by Gasteiger charge is 2.35. The van der Waals surface area contributed by atoms with Gasteiger partial charge >= 0.3 is 0 Å². The van der Waals surface area contributed by atoms with Crippen LogP contribution >= 0.6 is 11.6 Å². The summed E-state index contributed by atoms with van der Waals surface area (Å²) in [5.41, 5.74) is 2.72. The first-order valence-corrected chi connectivity index (χ1v) is 9.62. The Morgan fingerprint density at radius 1 is 1.24 bits per heavy atom. The number of anilines is 2. The quantitative estimate of drug-likeness (QED) is 0.658. The van der Waals surface area contributed by atoms with Crippen LogP contribution in [-0.4, -0.2) is 27.3 Å². The molecule has 148 valence electrons. The predicted octanol–water partition coefficient (Wildman–Crippen LogP) is 4.26. The van der Waals surface area contributed by atoms with Crippen molar-refractivity contribution < 1.29 is 9.53 Å². The van der Waals surface area contributed by atoms with Crippen LogP contribution in [0.25, 0.3) is 0 Å². The zero-order valence-corrected chi connectivity index (χ0v) is 16.8. The standard InChI is InChI=1S/C21H20ClN5O2/c1-3-29-17-7-5-4-6-16(17)19-18(13(2)25-21-23-12-24-27(19)21)20(28)26-15-10-8-14(22)9-11-15/h4-12,19H,3H2,1-2H3,(H,26,28)(H,23,24,25). The Morgan fingerprint density at radius 3 is 2.76 bits per heavy atom. The molecule has 7 nitrogen and oxygen atoms in total. The minimum atomic E-state index is -0.483. The van der Waals surface area contributed by atoms with Gasteiger partial charge in [0.1, 0.15) is 18.1 Å². The number of rotatable bonds is 5. The van der Waals surface area contributed by atoms with Gasteiger partial charge in [0.25, 0.3) is 5.91 Å². The zero-order valence-electron chi connectivity index (χ0n) is 16.0. The number of para-hydroxylation sites is 1. The molecule has 1 atom stereocenters. The number of carbonyl (C=O) groups excluding carboxylic acids is 1. The molecule has 0 aliphatic carbocycles. The van der Waals surface area contributed by atoms with E-state index in [2.05, 4.69) is 20.7 Å². The minimum absolute atomic E-state index is 0.241. The van der Waals surface area contributed by atoms with E-state index in [0.29, 0.717) is 40.3 Å². The number of amides is 1. The molecule has 1 aliphatic rings. The number of hydrogen-bond donors (Lipinski definition) is 2. The van der Waals surface area contributed by atoms with Gasteiger partial charge in [-0.2, -0.15) is 10.1 Å². The van der Waals surface area contributed by atoms with Gasteiger partial charge in [-0.25, -0.2) is 4.68 Å². The van der Waals surface area contributed by atoms with Crippen LogP contribution in [0.2, 0.25) is 5.02 Å². The smallest absolute Gasteiger partial charge is 0.255 e. The Labute approximate surface area is 173 Å². The molecule has 2 N–H and O–H groups in total. The molecule has 3 aromatic rings. The maximum Gasteiger partial charge on any atom is 0.255 e. The molecule has 0 bridgehead atoms. The molecule has 0 saturated heterocycles. The summed E-state index contributed by atoms with van der Waals surface area (Å²) in [6, 6.07) is 14.2. The second kappa shape index (κ2) is 7.97. The summed E-state index contributed by atoms with van der Waals surface area (Å²) in [5, 5.41) is 11.1. The average Bonchev–Trinajstić information content (AvgIpc) is 3.17. The van der Waals surface area contributed by atoms with Gasteiger partial charge in [0.05, 0.1) is 12.2 Å². The highest BCUT2D eigenvalue weighted by Crippen LogP contribution is 2.39. The lowest BCUT2D eigenvalue weighted by molar-refractivity contribution is -0.113. The van der Waals surface area contributed by atoms with E-state index in [-0.39, 0.29) is 5.91 Å². The number of halogens is 1. The van der Waals surface area contributed by atoms with E-state index in [1.54, 1.807) is 28.9 Å². The maximum atomic E-state index is 13.3. The van der Waals surface area contributed by atoms with Crippen molar-refractivity contribution in [3.63, 3.8) is 0 Å². The minimum Gasteiger partial charge on any atom is -0.494 e. The normalized spacial score (nSPS) is 15.5. The van der Waals surface area contributed by atoms with Gasteiger partial charge in [-0.15, -0.1) is 0 Å². The molecule has 2 heterocycles. The third-order valence-corrected chi connectivity index (χ3v) is 4.91. The van der Waals surface area contributed by atoms with Gasteiger partial charge in [-0.3, -0.25) is 4.79 Å². The van der Waals surface area contributed by atoms with Crippen LogP contribution in [0.4, 0.5) is 11.6 Å². The maximum absolute atomic E-state index is 13.3. The van der Waals surface area contributed by atoms with E-state index < -0.39 is 6.04 Å².